The standard InChI is InChI=1S/C12H16N/c1-10(2)13(4)9-12-8-6-5-7-11(12)3/h5-10H,3-4H2,1-2H3/q+1/b12-9-. The summed E-state index contributed by atoms with van der Waals surface area (Å²) in [5.74, 6) is 0. The summed E-state index contributed by atoms with van der Waals surface area (Å²) in [6, 6.07) is 8.46. The Kier molecular flexibility index (Phi) is 3.02. The molecule has 0 aliphatic carbocycles. The maximum Gasteiger partial charge on any atom is 0.176 e. The second kappa shape index (κ2) is 4.04. The van der Waals surface area contributed by atoms with Gasteiger partial charge >= 0.3 is 0 Å². The average Bonchev–Trinajstić information content (AvgIpc) is 2.08. The van der Waals surface area contributed by atoms with Crippen molar-refractivity contribution in [2.24, 2.45) is 0 Å². The molecule has 0 heterocycles. The largest absolute Gasteiger partial charge is 0.209 e. The molecule has 0 saturated heterocycles. The van der Waals surface area contributed by atoms with Crippen LogP contribution in [-0.4, -0.2) is 17.3 Å². The van der Waals surface area contributed by atoms with Crippen LogP contribution in [0.2, 0.25) is 0 Å². The summed E-state index contributed by atoms with van der Waals surface area (Å²) in [4.78, 5) is 0. The molecule has 0 amide bonds. The third-order valence-electron chi connectivity index (χ3n) is 2.02. The van der Waals surface area contributed by atoms with E-state index in [1.54, 1.807) is 0 Å². The zero-order valence-electron chi connectivity index (χ0n) is 8.33. The third-order valence-corrected chi connectivity index (χ3v) is 2.02. The van der Waals surface area contributed by atoms with Crippen LogP contribution in [0.4, 0.5) is 0 Å². The lowest BCUT2D eigenvalue weighted by molar-refractivity contribution is -0.448. The smallest absolute Gasteiger partial charge is 0.176 e. The molecule has 0 aliphatic heterocycles. The maximum atomic E-state index is 3.95. The topological polar surface area (TPSA) is 3.01 Å². The summed E-state index contributed by atoms with van der Waals surface area (Å²) in [5, 5.41) is 2.17. The monoisotopic (exact) mass is 174 g/mol. The lowest BCUT2D eigenvalue weighted by Crippen LogP contribution is -2.26. The number of hydrogen-bond acceptors (Lipinski definition) is 0. The van der Waals surface area contributed by atoms with E-state index in [-0.39, 0.29) is 0 Å². The van der Waals surface area contributed by atoms with Gasteiger partial charge in [-0.05, 0) is 25.1 Å². The summed E-state index contributed by atoms with van der Waals surface area (Å²) >= 11 is 0. The van der Waals surface area contributed by atoms with Crippen molar-refractivity contribution >= 4 is 19.5 Å². The van der Waals surface area contributed by atoms with Crippen molar-refractivity contribution in [1.82, 2.24) is 0 Å². The highest BCUT2D eigenvalue weighted by atomic mass is 15.0. The fourth-order valence-corrected chi connectivity index (χ4v) is 0.988. The van der Waals surface area contributed by atoms with Crippen LogP contribution in [0.5, 0.6) is 0 Å². The van der Waals surface area contributed by atoms with Crippen LogP contribution in [0.1, 0.15) is 13.8 Å². The SMILES string of the molecule is C=c1cccc/c1=C/[N+](=C)C(C)C. The quantitative estimate of drug-likeness (QED) is 0.464. The van der Waals surface area contributed by atoms with Crippen LogP contribution in [0, 0.1) is 0 Å². The van der Waals surface area contributed by atoms with E-state index in [1.807, 2.05) is 35.0 Å². The molecule has 1 nitrogen and oxygen atoms in total. The second-order valence-corrected chi connectivity index (χ2v) is 3.44. The Hall–Kier alpha value is -1.37. The van der Waals surface area contributed by atoms with E-state index in [9.17, 15) is 0 Å². The van der Waals surface area contributed by atoms with Gasteiger partial charge in [0.15, 0.2) is 12.2 Å². The minimum atomic E-state index is 0.416. The Morgan fingerprint density at radius 2 is 1.92 bits per heavy atom. The van der Waals surface area contributed by atoms with Crippen molar-refractivity contribution < 1.29 is 4.58 Å². The van der Waals surface area contributed by atoms with Crippen molar-refractivity contribution in [1.29, 1.82) is 0 Å². The molecule has 1 rings (SSSR count). The first kappa shape index (κ1) is 9.72. The summed E-state index contributed by atoms with van der Waals surface area (Å²) in [6.45, 7) is 12.1. The maximum absolute atomic E-state index is 3.95. The molecule has 68 valence electrons. The Balaban J connectivity index is 3.16. The molecule has 0 N–H and O–H groups in total. The van der Waals surface area contributed by atoms with Gasteiger partial charge in [0.2, 0.25) is 0 Å². The molecular formula is C12H16N+. The zero-order chi connectivity index (χ0) is 9.84. The van der Waals surface area contributed by atoms with E-state index in [0.717, 1.165) is 10.4 Å². The highest BCUT2D eigenvalue weighted by Gasteiger charge is 2.00. The van der Waals surface area contributed by atoms with Crippen molar-refractivity contribution in [3.8, 4) is 0 Å². The second-order valence-electron chi connectivity index (χ2n) is 3.44. The Morgan fingerprint density at radius 3 is 2.46 bits per heavy atom. The number of benzene rings is 1. The van der Waals surface area contributed by atoms with E-state index in [4.69, 9.17) is 0 Å². The van der Waals surface area contributed by atoms with Gasteiger partial charge in [0.25, 0.3) is 0 Å². The Morgan fingerprint density at radius 1 is 1.31 bits per heavy atom. The highest BCUT2D eigenvalue weighted by molar-refractivity contribution is 5.25. The van der Waals surface area contributed by atoms with Gasteiger partial charge in [-0.1, -0.05) is 24.8 Å². The number of hydrogen-bond donors (Lipinski definition) is 0. The first-order valence-corrected chi connectivity index (χ1v) is 4.46. The molecular weight excluding hydrogens is 158 g/mol. The predicted molar refractivity (Wildman–Crippen MR) is 58.2 cm³/mol. The first-order chi connectivity index (χ1) is 6.11. The van der Waals surface area contributed by atoms with Gasteiger partial charge in [0.05, 0.1) is 0 Å². The zero-order valence-corrected chi connectivity index (χ0v) is 8.33. The normalized spacial score (nSPS) is 12.1. The van der Waals surface area contributed by atoms with Crippen molar-refractivity contribution in [2.45, 2.75) is 19.9 Å². The molecule has 0 fully saturated rings. The van der Waals surface area contributed by atoms with Gasteiger partial charge in [0.1, 0.15) is 6.72 Å². The van der Waals surface area contributed by atoms with Gasteiger partial charge in [-0.15, -0.1) is 0 Å². The molecule has 1 aromatic carbocycles. The summed E-state index contributed by atoms with van der Waals surface area (Å²) in [7, 11) is 0. The van der Waals surface area contributed by atoms with E-state index < -0.39 is 0 Å². The summed E-state index contributed by atoms with van der Waals surface area (Å²) in [6.07, 6.45) is 2.02. The molecule has 13 heavy (non-hydrogen) atoms. The molecule has 1 heteroatoms. The molecule has 0 bridgehead atoms. The van der Waals surface area contributed by atoms with Crippen LogP contribution in [0.15, 0.2) is 24.3 Å². The minimum absolute atomic E-state index is 0.416. The van der Waals surface area contributed by atoms with Crippen LogP contribution < -0.4 is 10.4 Å². The van der Waals surface area contributed by atoms with Crippen molar-refractivity contribution in [3.63, 3.8) is 0 Å². The molecule has 0 spiro atoms. The van der Waals surface area contributed by atoms with E-state index in [0.29, 0.717) is 6.04 Å². The van der Waals surface area contributed by atoms with Crippen LogP contribution >= 0.6 is 0 Å². The van der Waals surface area contributed by atoms with E-state index in [1.165, 1.54) is 0 Å². The van der Waals surface area contributed by atoms with Crippen molar-refractivity contribution in [2.75, 3.05) is 0 Å². The molecule has 1 aromatic rings. The Bertz CT molecular complexity index is 401. The lowest BCUT2D eigenvalue weighted by atomic mass is 10.2. The van der Waals surface area contributed by atoms with Gasteiger partial charge < -0.3 is 0 Å². The molecule has 0 atom stereocenters. The van der Waals surface area contributed by atoms with Gasteiger partial charge in [-0.25, -0.2) is 4.58 Å². The lowest BCUT2D eigenvalue weighted by Gasteiger charge is -1.97. The first-order valence-electron chi connectivity index (χ1n) is 4.46. The van der Waals surface area contributed by atoms with Gasteiger partial charge in [-0.2, -0.15) is 0 Å². The molecule has 0 radical (unpaired) electrons. The van der Waals surface area contributed by atoms with Crippen LogP contribution in [0.25, 0.3) is 12.8 Å². The summed E-state index contributed by atoms with van der Waals surface area (Å²) < 4.78 is 1.93. The van der Waals surface area contributed by atoms with Gasteiger partial charge in [0, 0.05) is 5.22 Å². The average molecular weight is 174 g/mol. The Labute approximate surface area is 79.3 Å². The summed E-state index contributed by atoms with van der Waals surface area (Å²) in [5.41, 5.74) is 0. The van der Waals surface area contributed by atoms with Crippen molar-refractivity contribution in [3.05, 3.63) is 34.7 Å². The molecule has 0 unspecified atom stereocenters. The van der Waals surface area contributed by atoms with E-state index >= 15 is 0 Å². The molecule has 0 aliphatic rings. The highest BCUT2D eigenvalue weighted by Crippen LogP contribution is 1.85. The number of nitrogens with zero attached hydrogens (tertiary/aromatic N) is 1. The fraction of sp³-hybridized carbons (Fsp3) is 0.250. The predicted octanol–water partition coefficient (Wildman–Crippen LogP) is 0.956. The minimum Gasteiger partial charge on any atom is -0.209 e. The third kappa shape index (κ3) is 2.55. The fourth-order valence-electron chi connectivity index (χ4n) is 0.988. The molecule has 0 saturated carbocycles. The number of rotatable bonds is 2. The van der Waals surface area contributed by atoms with E-state index in [2.05, 4.69) is 27.1 Å². The van der Waals surface area contributed by atoms with Crippen LogP contribution in [-0.2, 0) is 0 Å². The van der Waals surface area contributed by atoms with Crippen LogP contribution in [0.3, 0.4) is 0 Å². The molecule has 0 aromatic heterocycles. The van der Waals surface area contributed by atoms with Gasteiger partial charge in [-0.3, -0.25) is 0 Å².